The molecule has 0 spiro atoms. The monoisotopic (exact) mass is 491 g/mol. The van der Waals surface area contributed by atoms with Crippen molar-refractivity contribution in [2.24, 2.45) is 5.92 Å². The van der Waals surface area contributed by atoms with Crippen molar-refractivity contribution in [3.05, 3.63) is 70.8 Å². The van der Waals surface area contributed by atoms with E-state index in [2.05, 4.69) is 33.5 Å². The highest BCUT2D eigenvalue weighted by Crippen LogP contribution is 2.44. The lowest BCUT2D eigenvalue weighted by Crippen LogP contribution is -2.45. The fraction of sp³-hybridized carbons (Fsp3) is 0.464. The summed E-state index contributed by atoms with van der Waals surface area (Å²) in [5.74, 6) is 1.25. The summed E-state index contributed by atoms with van der Waals surface area (Å²) in [6.45, 7) is 5.48. The predicted molar refractivity (Wildman–Crippen MR) is 137 cm³/mol. The molecule has 5 rings (SSSR count). The first-order chi connectivity index (χ1) is 17.2. The third-order valence-electron chi connectivity index (χ3n) is 7.43. The van der Waals surface area contributed by atoms with E-state index in [0.717, 1.165) is 55.5 Å². The second-order valence-corrected chi connectivity index (χ2v) is 10.7. The van der Waals surface area contributed by atoms with E-state index in [1.165, 1.54) is 18.4 Å². The Bertz CT molecular complexity index is 1120. The van der Waals surface area contributed by atoms with Gasteiger partial charge in [0.15, 0.2) is 0 Å². The summed E-state index contributed by atoms with van der Waals surface area (Å²) in [6.07, 6.45) is 7.89. The Morgan fingerprint density at radius 1 is 1.11 bits per heavy atom. The van der Waals surface area contributed by atoms with Crippen molar-refractivity contribution < 1.29 is 13.9 Å². The van der Waals surface area contributed by atoms with Crippen molar-refractivity contribution in [3.8, 4) is 11.5 Å². The zero-order chi connectivity index (χ0) is 24.1. The number of rotatable bonds is 9. The Hall–Kier alpha value is -2.77. The largest absolute Gasteiger partial charge is 0.461 e. The Balaban J connectivity index is 1.14. The Kier molecular flexibility index (Phi) is 7.44. The summed E-state index contributed by atoms with van der Waals surface area (Å²) in [5.41, 5.74) is 1.61. The smallest absolute Gasteiger partial charge is 0.317 e. The van der Waals surface area contributed by atoms with Crippen molar-refractivity contribution in [1.82, 2.24) is 15.5 Å². The Morgan fingerprint density at radius 2 is 1.91 bits per heavy atom. The highest BCUT2D eigenvalue weighted by atomic mass is 32.1. The number of hydrogen-bond acceptors (Lipinski definition) is 7. The minimum atomic E-state index is -0.473. The topological polar surface area (TPSA) is 77.2 Å². The van der Waals surface area contributed by atoms with Gasteiger partial charge < -0.3 is 14.5 Å². The zero-order valence-electron chi connectivity index (χ0n) is 20.1. The molecule has 0 radical (unpaired) electrons. The standard InChI is InChI=1S/C28H33N3O3S/c1-20-18-23(33-27(32)28(24-12-9-17-35-24)14-7-2-3-8-15-28)22(20)13-16-29-19-25-30-31-26(34-25)21-10-5-4-6-11-21/h4-6,9-12,17,22-23,29H,1-3,7-8,13-16,18-19H2. The van der Waals surface area contributed by atoms with E-state index in [4.69, 9.17) is 9.15 Å². The molecular formula is C28H33N3O3S. The number of ether oxygens (including phenoxy) is 1. The maximum absolute atomic E-state index is 13.6. The summed E-state index contributed by atoms with van der Waals surface area (Å²) in [7, 11) is 0. The molecule has 0 saturated heterocycles. The maximum atomic E-state index is 13.6. The average Bonchev–Trinajstić information content (AvgIpc) is 3.53. The van der Waals surface area contributed by atoms with E-state index < -0.39 is 5.41 Å². The van der Waals surface area contributed by atoms with Gasteiger partial charge in [0.05, 0.1) is 6.54 Å². The molecule has 2 saturated carbocycles. The van der Waals surface area contributed by atoms with Gasteiger partial charge in [-0.3, -0.25) is 4.79 Å². The highest BCUT2D eigenvalue weighted by Gasteiger charge is 2.46. The molecule has 3 aromatic rings. The molecule has 6 nitrogen and oxygen atoms in total. The van der Waals surface area contributed by atoms with E-state index in [1.54, 1.807) is 11.3 Å². The number of thiophene rings is 1. The van der Waals surface area contributed by atoms with Crippen LogP contribution >= 0.6 is 11.3 Å². The fourth-order valence-electron chi connectivity index (χ4n) is 5.33. The van der Waals surface area contributed by atoms with Crippen LogP contribution in [0.15, 0.2) is 64.4 Å². The summed E-state index contributed by atoms with van der Waals surface area (Å²) < 4.78 is 12.0. The van der Waals surface area contributed by atoms with Gasteiger partial charge in [-0.05, 0) is 49.4 Å². The highest BCUT2D eigenvalue weighted by molar-refractivity contribution is 7.10. The van der Waals surface area contributed by atoms with Crippen molar-refractivity contribution in [3.63, 3.8) is 0 Å². The minimum absolute atomic E-state index is 0.0309. The SMILES string of the molecule is C=C1CC(OC(=O)C2(c3cccs3)CCCCCC2)C1CCNCc1nnc(-c2ccccc2)o1. The molecule has 1 N–H and O–H groups in total. The first-order valence-corrected chi connectivity index (χ1v) is 13.5. The number of carbonyl (C=O) groups is 1. The number of aromatic nitrogens is 2. The predicted octanol–water partition coefficient (Wildman–Crippen LogP) is 6.06. The van der Waals surface area contributed by atoms with Crippen LogP contribution in [0.5, 0.6) is 0 Å². The Morgan fingerprint density at radius 3 is 2.63 bits per heavy atom. The van der Waals surface area contributed by atoms with Gasteiger partial charge in [0.1, 0.15) is 11.5 Å². The molecule has 2 heterocycles. The third-order valence-corrected chi connectivity index (χ3v) is 8.51. The van der Waals surface area contributed by atoms with Gasteiger partial charge in [0, 0.05) is 22.8 Å². The number of carbonyl (C=O) groups excluding carboxylic acids is 1. The van der Waals surface area contributed by atoms with E-state index in [-0.39, 0.29) is 18.0 Å². The van der Waals surface area contributed by atoms with Gasteiger partial charge in [0.2, 0.25) is 11.8 Å². The van der Waals surface area contributed by atoms with Crippen molar-refractivity contribution in [2.75, 3.05) is 6.54 Å². The van der Waals surface area contributed by atoms with E-state index in [0.29, 0.717) is 18.3 Å². The van der Waals surface area contributed by atoms with Crippen LogP contribution in [0.4, 0.5) is 0 Å². The first-order valence-electron chi connectivity index (χ1n) is 12.7. The molecule has 184 valence electrons. The lowest BCUT2D eigenvalue weighted by atomic mass is 9.74. The molecule has 2 aromatic heterocycles. The number of benzene rings is 1. The summed E-state index contributed by atoms with van der Waals surface area (Å²) in [4.78, 5) is 14.7. The second kappa shape index (κ2) is 10.9. The zero-order valence-corrected chi connectivity index (χ0v) is 20.9. The van der Waals surface area contributed by atoms with Gasteiger partial charge in [-0.15, -0.1) is 21.5 Å². The van der Waals surface area contributed by atoms with Crippen LogP contribution in [0.25, 0.3) is 11.5 Å². The number of nitrogens with one attached hydrogen (secondary N) is 1. The molecule has 2 fully saturated rings. The normalized spacial score (nSPS) is 21.8. The summed E-state index contributed by atoms with van der Waals surface area (Å²) in [5, 5.41) is 13.7. The van der Waals surface area contributed by atoms with Gasteiger partial charge in [-0.1, -0.05) is 62.1 Å². The van der Waals surface area contributed by atoms with Crippen molar-refractivity contribution in [2.45, 2.75) is 69.4 Å². The molecule has 0 amide bonds. The fourth-order valence-corrected chi connectivity index (χ4v) is 6.30. The molecule has 35 heavy (non-hydrogen) atoms. The first kappa shape index (κ1) is 23.9. The van der Waals surface area contributed by atoms with Crippen LogP contribution in [-0.4, -0.2) is 28.8 Å². The minimum Gasteiger partial charge on any atom is -0.461 e. The Labute approximate surface area is 210 Å². The summed E-state index contributed by atoms with van der Waals surface area (Å²) >= 11 is 1.69. The summed E-state index contributed by atoms with van der Waals surface area (Å²) in [6, 6.07) is 13.9. The second-order valence-electron chi connectivity index (χ2n) is 9.72. The van der Waals surface area contributed by atoms with Gasteiger partial charge in [-0.2, -0.15) is 0 Å². The van der Waals surface area contributed by atoms with E-state index in [9.17, 15) is 4.79 Å². The molecule has 2 atom stereocenters. The van der Waals surface area contributed by atoms with Crippen molar-refractivity contribution >= 4 is 17.3 Å². The van der Waals surface area contributed by atoms with Crippen molar-refractivity contribution in [1.29, 1.82) is 0 Å². The third kappa shape index (κ3) is 5.26. The molecule has 2 aliphatic rings. The lowest BCUT2D eigenvalue weighted by Gasteiger charge is -2.41. The van der Waals surface area contributed by atoms with Crippen LogP contribution in [0.3, 0.4) is 0 Å². The quantitative estimate of drug-likeness (QED) is 0.170. The van der Waals surface area contributed by atoms with Crippen LogP contribution in [0.2, 0.25) is 0 Å². The van der Waals surface area contributed by atoms with Gasteiger partial charge >= 0.3 is 5.97 Å². The molecule has 0 aliphatic heterocycles. The van der Waals surface area contributed by atoms with Crippen LogP contribution < -0.4 is 5.32 Å². The molecule has 2 aliphatic carbocycles. The van der Waals surface area contributed by atoms with Gasteiger partial charge in [-0.25, -0.2) is 0 Å². The van der Waals surface area contributed by atoms with Gasteiger partial charge in [0.25, 0.3) is 0 Å². The van der Waals surface area contributed by atoms with E-state index in [1.807, 2.05) is 36.4 Å². The van der Waals surface area contributed by atoms with E-state index >= 15 is 0 Å². The lowest BCUT2D eigenvalue weighted by molar-refractivity contribution is -0.162. The van der Waals surface area contributed by atoms with Crippen LogP contribution in [0, 0.1) is 5.92 Å². The molecular weight excluding hydrogens is 458 g/mol. The number of hydrogen-bond donors (Lipinski definition) is 1. The number of esters is 1. The molecule has 0 bridgehead atoms. The van der Waals surface area contributed by atoms with Crippen LogP contribution in [-0.2, 0) is 21.5 Å². The average molecular weight is 492 g/mol. The van der Waals surface area contributed by atoms with Crippen LogP contribution in [0.1, 0.15) is 62.1 Å². The maximum Gasteiger partial charge on any atom is 0.317 e. The molecule has 7 heteroatoms. The molecule has 1 aromatic carbocycles. The number of nitrogens with zero attached hydrogens (tertiary/aromatic N) is 2. The molecule has 2 unspecified atom stereocenters.